The highest BCUT2D eigenvalue weighted by Crippen LogP contribution is 2.38. The second-order valence-corrected chi connectivity index (χ2v) is 11.1. The maximum atomic E-state index is 16.3. The minimum Gasteiger partial charge on any atom is -0.462 e. The predicted molar refractivity (Wildman–Crippen MR) is 145 cm³/mol. The SMILES string of the molecule is CN1CCC[C@H]1COc1nc(N2CC3CCC(C2)N3)c2ccc(-c3c[nH]c4ccc(Cl)cc34)c(F)c2n1. The topological polar surface area (TPSA) is 69.3 Å². The van der Waals surface area contributed by atoms with E-state index in [1.54, 1.807) is 0 Å². The number of rotatable bonds is 5. The van der Waals surface area contributed by atoms with Crippen LogP contribution in [0, 0.1) is 5.82 Å². The van der Waals surface area contributed by atoms with Crippen molar-refractivity contribution in [2.45, 2.75) is 43.8 Å². The molecule has 3 aliphatic heterocycles. The number of fused-ring (bicyclic) bond motifs is 4. The van der Waals surface area contributed by atoms with E-state index in [1.807, 2.05) is 36.5 Å². The van der Waals surface area contributed by atoms with E-state index in [2.05, 4.69) is 32.1 Å². The molecule has 0 radical (unpaired) electrons. The highest BCUT2D eigenvalue weighted by atomic mass is 35.5. The van der Waals surface area contributed by atoms with Crippen LogP contribution in [-0.2, 0) is 0 Å². The third kappa shape index (κ3) is 4.11. The van der Waals surface area contributed by atoms with Gasteiger partial charge in [0.05, 0.1) is 0 Å². The predicted octanol–water partition coefficient (Wildman–Crippen LogP) is 4.98. The minimum absolute atomic E-state index is 0.242. The molecule has 0 aliphatic carbocycles. The number of ether oxygens (including phenoxy) is 1. The van der Waals surface area contributed by atoms with Crippen LogP contribution in [0.2, 0.25) is 5.02 Å². The molecule has 0 spiro atoms. The smallest absolute Gasteiger partial charge is 0.319 e. The van der Waals surface area contributed by atoms with Gasteiger partial charge in [-0.05, 0) is 63.5 Å². The molecule has 3 aliphatic rings. The average Bonchev–Trinajstić information content (AvgIpc) is 3.60. The van der Waals surface area contributed by atoms with Crippen LogP contribution in [0.1, 0.15) is 25.7 Å². The zero-order chi connectivity index (χ0) is 25.1. The summed E-state index contributed by atoms with van der Waals surface area (Å²) in [5.74, 6) is 0.383. The summed E-state index contributed by atoms with van der Waals surface area (Å²) in [6, 6.07) is 10.8. The van der Waals surface area contributed by atoms with Gasteiger partial charge in [-0.3, -0.25) is 0 Å². The number of hydrogen-bond donors (Lipinski definition) is 2. The summed E-state index contributed by atoms with van der Waals surface area (Å²) < 4.78 is 22.5. The normalized spacial score (nSPS) is 24.0. The van der Waals surface area contributed by atoms with Crippen molar-refractivity contribution >= 4 is 39.2 Å². The molecule has 37 heavy (non-hydrogen) atoms. The van der Waals surface area contributed by atoms with Crippen molar-refractivity contribution < 1.29 is 9.13 Å². The van der Waals surface area contributed by atoms with Gasteiger partial charge in [0.2, 0.25) is 0 Å². The number of halogens is 2. The first-order valence-electron chi connectivity index (χ1n) is 13.1. The number of piperazine rings is 1. The molecule has 2 unspecified atom stereocenters. The van der Waals surface area contributed by atoms with Crippen LogP contribution < -0.4 is 15.0 Å². The maximum Gasteiger partial charge on any atom is 0.319 e. The zero-order valence-electron chi connectivity index (χ0n) is 20.8. The van der Waals surface area contributed by atoms with E-state index in [0.717, 1.165) is 67.6 Å². The monoisotopic (exact) mass is 520 g/mol. The van der Waals surface area contributed by atoms with Crippen molar-refractivity contribution in [3.8, 4) is 17.1 Å². The molecule has 7 nitrogen and oxygen atoms in total. The van der Waals surface area contributed by atoms with Gasteiger partial charge in [-0.2, -0.15) is 9.97 Å². The van der Waals surface area contributed by atoms with E-state index in [0.29, 0.717) is 46.2 Å². The summed E-state index contributed by atoms with van der Waals surface area (Å²) in [5, 5.41) is 5.87. The zero-order valence-corrected chi connectivity index (χ0v) is 21.6. The first-order valence-corrected chi connectivity index (χ1v) is 13.5. The highest BCUT2D eigenvalue weighted by molar-refractivity contribution is 6.31. The van der Waals surface area contributed by atoms with E-state index >= 15 is 4.39 Å². The molecule has 2 N–H and O–H groups in total. The van der Waals surface area contributed by atoms with Gasteiger partial charge in [0.1, 0.15) is 17.9 Å². The number of aromatic nitrogens is 3. The van der Waals surface area contributed by atoms with Gasteiger partial charge in [0.15, 0.2) is 5.82 Å². The lowest BCUT2D eigenvalue weighted by Gasteiger charge is -2.34. The quantitative estimate of drug-likeness (QED) is 0.386. The number of benzene rings is 2. The number of anilines is 1. The highest BCUT2D eigenvalue weighted by Gasteiger charge is 2.34. The second kappa shape index (κ2) is 9.11. The van der Waals surface area contributed by atoms with Crippen LogP contribution in [0.4, 0.5) is 10.2 Å². The molecule has 0 amide bonds. The van der Waals surface area contributed by atoms with Gasteiger partial charge < -0.3 is 24.8 Å². The van der Waals surface area contributed by atoms with Crippen LogP contribution in [0.25, 0.3) is 32.9 Å². The lowest BCUT2D eigenvalue weighted by molar-refractivity contribution is 0.188. The van der Waals surface area contributed by atoms with Crippen molar-refractivity contribution in [3.63, 3.8) is 0 Å². The van der Waals surface area contributed by atoms with Crippen molar-refractivity contribution in [2.24, 2.45) is 0 Å². The Morgan fingerprint density at radius 1 is 1.05 bits per heavy atom. The van der Waals surface area contributed by atoms with E-state index < -0.39 is 0 Å². The summed E-state index contributed by atoms with van der Waals surface area (Å²) >= 11 is 6.27. The second-order valence-electron chi connectivity index (χ2n) is 10.7. The summed E-state index contributed by atoms with van der Waals surface area (Å²) in [4.78, 5) is 17.3. The fraction of sp³-hybridized carbons (Fsp3) is 0.429. The Kier molecular flexibility index (Phi) is 5.71. The van der Waals surface area contributed by atoms with Gasteiger partial charge in [-0.1, -0.05) is 17.7 Å². The largest absolute Gasteiger partial charge is 0.462 e. The van der Waals surface area contributed by atoms with Crippen LogP contribution in [0.15, 0.2) is 36.5 Å². The molecule has 9 heteroatoms. The van der Waals surface area contributed by atoms with Gasteiger partial charge in [0.25, 0.3) is 0 Å². The van der Waals surface area contributed by atoms with E-state index in [9.17, 15) is 0 Å². The molecular weight excluding hydrogens is 491 g/mol. The van der Waals surface area contributed by atoms with E-state index in [1.165, 1.54) is 0 Å². The number of hydrogen-bond acceptors (Lipinski definition) is 6. The first kappa shape index (κ1) is 23.2. The number of aromatic amines is 1. The Hall–Kier alpha value is -2.94. The maximum absolute atomic E-state index is 16.3. The molecule has 3 fully saturated rings. The fourth-order valence-electron chi connectivity index (χ4n) is 6.29. The molecule has 2 aromatic heterocycles. The molecule has 192 valence electrons. The van der Waals surface area contributed by atoms with Crippen molar-refractivity contribution in [2.75, 3.05) is 38.2 Å². The fourth-order valence-corrected chi connectivity index (χ4v) is 6.46. The molecule has 2 aromatic carbocycles. The van der Waals surface area contributed by atoms with Crippen molar-refractivity contribution in [1.82, 2.24) is 25.2 Å². The Bertz CT molecular complexity index is 1480. The number of likely N-dealkylation sites (tertiary alicyclic amines) is 1. The van der Waals surface area contributed by atoms with Crippen molar-refractivity contribution in [1.29, 1.82) is 0 Å². The molecule has 7 rings (SSSR count). The summed E-state index contributed by atoms with van der Waals surface area (Å²) in [7, 11) is 2.11. The third-order valence-electron chi connectivity index (χ3n) is 8.29. The van der Waals surface area contributed by atoms with E-state index in [-0.39, 0.29) is 11.8 Å². The number of nitrogens with zero attached hydrogens (tertiary/aromatic N) is 4. The number of nitrogens with one attached hydrogen (secondary N) is 2. The van der Waals surface area contributed by atoms with Gasteiger partial charge >= 0.3 is 6.01 Å². The third-order valence-corrected chi connectivity index (χ3v) is 8.53. The molecule has 3 saturated heterocycles. The number of H-pyrrole nitrogens is 1. The van der Waals surface area contributed by atoms with Crippen LogP contribution in [0.5, 0.6) is 6.01 Å². The molecule has 3 atom stereocenters. The van der Waals surface area contributed by atoms with Gasteiger partial charge in [0, 0.05) is 69.9 Å². The summed E-state index contributed by atoms with van der Waals surface area (Å²) in [5.41, 5.74) is 2.43. The molecular formula is C28H30ClFN6O. The van der Waals surface area contributed by atoms with Crippen LogP contribution >= 0.6 is 11.6 Å². The molecule has 0 saturated carbocycles. The lowest BCUT2D eigenvalue weighted by atomic mass is 10.0. The van der Waals surface area contributed by atoms with Crippen molar-refractivity contribution in [3.05, 3.63) is 47.4 Å². The standard InChI is InChI=1S/C28H30ClFN6O/c1-35-10-2-3-19(35)15-37-28-33-26-21(27(34-28)36-13-17-5-6-18(14-36)32-17)8-7-20(25(26)30)23-12-31-24-9-4-16(29)11-22(23)24/h4,7-9,11-12,17-19,31-32H,2-3,5-6,10,13-15H2,1H3/t17?,18?,19-/m0/s1. The number of likely N-dealkylation sites (N-methyl/N-ethyl adjacent to an activating group) is 1. The minimum atomic E-state index is -0.372. The molecule has 2 bridgehead atoms. The molecule has 5 heterocycles. The van der Waals surface area contributed by atoms with E-state index in [4.69, 9.17) is 21.3 Å². The Morgan fingerprint density at radius 2 is 1.89 bits per heavy atom. The summed E-state index contributed by atoms with van der Waals surface area (Å²) in [6.07, 6.45) is 6.38. The average molecular weight is 521 g/mol. The van der Waals surface area contributed by atoms with Gasteiger partial charge in [-0.25, -0.2) is 4.39 Å². The Labute approximate surface area is 220 Å². The summed E-state index contributed by atoms with van der Waals surface area (Å²) in [6.45, 7) is 3.25. The Balaban J connectivity index is 1.33. The molecule has 4 aromatic rings. The van der Waals surface area contributed by atoms with Gasteiger partial charge in [-0.15, -0.1) is 0 Å². The Morgan fingerprint density at radius 3 is 2.68 bits per heavy atom. The van der Waals surface area contributed by atoms with Crippen LogP contribution in [0.3, 0.4) is 0 Å². The van der Waals surface area contributed by atoms with Crippen LogP contribution in [-0.4, -0.2) is 71.3 Å². The lowest BCUT2D eigenvalue weighted by Crippen LogP contribution is -2.51. The first-order chi connectivity index (χ1) is 18.0.